The first-order valence-electron chi connectivity index (χ1n) is 9.22. The van der Waals surface area contributed by atoms with Crippen molar-refractivity contribution in [3.8, 4) is 22.8 Å². The maximum atomic E-state index is 13.1. The Labute approximate surface area is 164 Å². The van der Waals surface area contributed by atoms with E-state index in [1.165, 1.54) is 5.56 Å². The third-order valence-electron chi connectivity index (χ3n) is 5.18. The highest BCUT2D eigenvalue weighted by Crippen LogP contribution is 2.27. The third-order valence-corrected chi connectivity index (χ3v) is 5.18. The number of fused-ring (bicyclic) bond motifs is 1. The van der Waals surface area contributed by atoms with Crippen LogP contribution in [0.4, 0.5) is 0 Å². The van der Waals surface area contributed by atoms with E-state index in [-0.39, 0.29) is 5.91 Å². The van der Waals surface area contributed by atoms with E-state index >= 15 is 0 Å². The van der Waals surface area contributed by atoms with Gasteiger partial charge in [0, 0.05) is 25.7 Å². The number of carbonyl (C=O) groups is 1. The van der Waals surface area contributed by atoms with Gasteiger partial charge in [0.2, 0.25) is 0 Å². The number of rotatable bonds is 4. The van der Waals surface area contributed by atoms with E-state index in [0.29, 0.717) is 18.8 Å². The summed E-state index contributed by atoms with van der Waals surface area (Å²) in [6, 6.07) is 15.6. The molecule has 0 radical (unpaired) electrons. The monoisotopic (exact) mass is 377 g/mol. The Kier molecular flexibility index (Phi) is 4.77. The zero-order chi connectivity index (χ0) is 19.7. The summed E-state index contributed by atoms with van der Waals surface area (Å²) in [6.07, 6.45) is 0.818. The number of hydrogen-bond donors (Lipinski definition) is 0. The van der Waals surface area contributed by atoms with Gasteiger partial charge in [0.15, 0.2) is 0 Å². The molecule has 0 fully saturated rings. The zero-order valence-electron chi connectivity index (χ0n) is 16.3. The number of hydrogen-bond acceptors (Lipinski definition) is 4. The van der Waals surface area contributed by atoms with Crippen LogP contribution in [-0.4, -0.2) is 41.4 Å². The third kappa shape index (κ3) is 3.33. The van der Waals surface area contributed by atoms with E-state index < -0.39 is 0 Å². The number of nitrogens with zero attached hydrogens (tertiary/aromatic N) is 3. The van der Waals surface area contributed by atoms with Crippen molar-refractivity contribution < 1.29 is 14.3 Å². The number of methoxy groups -OCH3 is 2. The number of ether oxygens (including phenoxy) is 2. The summed E-state index contributed by atoms with van der Waals surface area (Å²) in [7, 11) is 5.11. The minimum absolute atomic E-state index is 0.00869. The van der Waals surface area contributed by atoms with Crippen molar-refractivity contribution in [2.24, 2.45) is 7.05 Å². The highest BCUT2D eigenvalue weighted by molar-refractivity contribution is 5.94. The molecule has 0 unspecified atom stereocenters. The lowest BCUT2D eigenvalue weighted by Crippen LogP contribution is -2.36. The molecular formula is C22H23N3O3. The van der Waals surface area contributed by atoms with E-state index in [2.05, 4.69) is 11.2 Å². The Hall–Kier alpha value is -3.28. The summed E-state index contributed by atoms with van der Waals surface area (Å²) in [6.45, 7) is 1.27. The summed E-state index contributed by atoms with van der Waals surface area (Å²) in [5.41, 5.74) is 4.66. The molecule has 1 aromatic heterocycles. The largest absolute Gasteiger partial charge is 0.497 e. The van der Waals surface area contributed by atoms with Crippen LogP contribution in [0.2, 0.25) is 0 Å². The topological polar surface area (TPSA) is 56.6 Å². The summed E-state index contributed by atoms with van der Waals surface area (Å²) in [5.74, 6) is 1.61. The maximum Gasteiger partial charge on any atom is 0.272 e. The van der Waals surface area contributed by atoms with Crippen LogP contribution in [0, 0.1) is 0 Å². The van der Waals surface area contributed by atoms with Crippen LogP contribution in [0.5, 0.6) is 11.5 Å². The van der Waals surface area contributed by atoms with Gasteiger partial charge in [-0.15, -0.1) is 0 Å². The lowest BCUT2D eigenvalue weighted by Gasteiger charge is -2.29. The van der Waals surface area contributed by atoms with Gasteiger partial charge in [-0.2, -0.15) is 5.10 Å². The van der Waals surface area contributed by atoms with E-state index in [0.717, 1.165) is 34.7 Å². The quantitative estimate of drug-likeness (QED) is 0.700. The molecule has 3 aromatic rings. The van der Waals surface area contributed by atoms with Gasteiger partial charge < -0.3 is 14.4 Å². The average Bonchev–Trinajstić information content (AvgIpc) is 3.14. The summed E-state index contributed by atoms with van der Waals surface area (Å²) >= 11 is 0. The fraction of sp³-hybridized carbons (Fsp3) is 0.273. The molecule has 1 amide bonds. The van der Waals surface area contributed by atoms with Crippen molar-refractivity contribution in [3.05, 3.63) is 65.4 Å². The first kappa shape index (κ1) is 18.1. The minimum atomic E-state index is -0.00869. The highest BCUT2D eigenvalue weighted by atomic mass is 16.5. The van der Waals surface area contributed by atoms with Crippen LogP contribution >= 0.6 is 0 Å². The molecule has 2 heterocycles. The highest BCUT2D eigenvalue weighted by Gasteiger charge is 2.25. The van der Waals surface area contributed by atoms with Crippen LogP contribution in [0.15, 0.2) is 48.5 Å². The molecule has 0 atom stereocenters. The Morgan fingerprint density at radius 1 is 1.00 bits per heavy atom. The van der Waals surface area contributed by atoms with Gasteiger partial charge in [-0.3, -0.25) is 9.48 Å². The molecular weight excluding hydrogens is 354 g/mol. The standard InChI is InChI=1S/C22H23N3O3/c1-24-21(13-20(23-24)16-5-4-6-18(12-16)27-2)22(26)25-10-9-15-11-19(28-3)8-7-17(15)14-25/h4-8,11-13H,9-10,14H2,1-3H3. The van der Waals surface area contributed by atoms with Gasteiger partial charge in [0.05, 0.1) is 19.9 Å². The van der Waals surface area contributed by atoms with Gasteiger partial charge in [0.1, 0.15) is 17.2 Å². The molecule has 0 spiro atoms. The molecule has 1 aliphatic heterocycles. The predicted molar refractivity (Wildman–Crippen MR) is 107 cm³/mol. The van der Waals surface area contributed by atoms with Gasteiger partial charge in [-0.05, 0) is 47.9 Å². The molecule has 0 aliphatic carbocycles. The van der Waals surface area contributed by atoms with E-state index in [1.54, 1.807) is 25.9 Å². The van der Waals surface area contributed by atoms with E-state index in [4.69, 9.17) is 9.47 Å². The zero-order valence-corrected chi connectivity index (χ0v) is 16.3. The Morgan fingerprint density at radius 2 is 1.79 bits per heavy atom. The van der Waals surface area contributed by atoms with Crippen LogP contribution in [0.3, 0.4) is 0 Å². The van der Waals surface area contributed by atoms with Gasteiger partial charge in [-0.1, -0.05) is 18.2 Å². The number of aromatic nitrogens is 2. The van der Waals surface area contributed by atoms with Gasteiger partial charge in [-0.25, -0.2) is 0 Å². The first-order valence-corrected chi connectivity index (χ1v) is 9.22. The normalized spacial score (nSPS) is 13.2. The van der Waals surface area contributed by atoms with Crippen LogP contribution < -0.4 is 9.47 Å². The van der Waals surface area contributed by atoms with Gasteiger partial charge >= 0.3 is 0 Å². The molecule has 2 aromatic carbocycles. The van der Waals surface area contributed by atoms with Crippen LogP contribution in [-0.2, 0) is 20.0 Å². The predicted octanol–water partition coefficient (Wildman–Crippen LogP) is 3.30. The number of carbonyl (C=O) groups excluding carboxylic acids is 1. The average molecular weight is 377 g/mol. The van der Waals surface area contributed by atoms with Crippen molar-refractivity contribution in [1.82, 2.24) is 14.7 Å². The molecule has 0 bridgehead atoms. The first-order chi connectivity index (χ1) is 13.6. The maximum absolute atomic E-state index is 13.1. The van der Waals surface area contributed by atoms with E-state index in [1.807, 2.05) is 47.4 Å². The molecule has 144 valence electrons. The summed E-state index contributed by atoms with van der Waals surface area (Å²) in [4.78, 5) is 15.0. The van der Waals surface area contributed by atoms with Crippen molar-refractivity contribution in [1.29, 1.82) is 0 Å². The van der Waals surface area contributed by atoms with Crippen LogP contribution in [0.25, 0.3) is 11.3 Å². The minimum Gasteiger partial charge on any atom is -0.497 e. The second kappa shape index (κ2) is 7.38. The molecule has 6 nitrogen and oxygen atoms in total. The molecule has 0 saturated heterocycles. The lowest BCUT2D eigenvalue weighted by molar-refractivity contribution is 0.0723. The number of amides is 1. The Balaban J connectivity index is 1.57. The summed E-state index contributed by atoms with van der Waals surface area (Å²) < 4.78 is 12.2. The second-order valence-electron chi connectivity index (χ2n) is 6.88. The SMILES string of the molecule is COc1cccc(-c2cc(C(=O)N3CCc4cc(OC)ccc4C3)n(C)n2)c1. The molecule has 28 heavy (non-hydrogen) atoms. The fourth-order valence-electron chi connectivity index (χ4n) is 3.58. The Morgan fingerprint density at radius 3 is 2.57 bits per heavy atom. The van der Waals surface area contributed by atoms with E-state index in [9.17, 15) is 4.79 Å². The Bertz CT molecular complexity index is 1030. The molecule has 0 saturated carbocycles. The summed E-state index contributed by atoms with van der Waals surface area (Å²) in [5, 5.41) is 4.54. The van der Waals surface area contributed by atoms with Crippen molar-refractivity contribution >= 4 is 5.91 Å². The molecule has 0 N–H and O–H groups in total. The van der Waals surface area contributed by atoms with Crippen molar-refractivity contribution in [2.45, 2.75) is 13.0 Å². The smallest absolute Gasteiger partial charge is 0.272 e. The fourth-order valence-corrected chi connectivity index (χ4v) is 3.58. The molecule has 1 aliphatic rings. The second-order valence-corrected chi connectivity index (χ2v) is 6.88. The molecule has 6 heteroatoms. The van der Waals surface area contributed by atoms with Gasteiger partial charge in [0.25, 0.3) is 5.91 Å². The van der Waals surface area contributed by atoms with Crippen molar-refractivity contribution in [3.63, 3.8) is 0 Å². The van der Waals surface area contributed by atoms with Crippen molar-refractivity contribution in [2.75, 3.05) is 20.8 Å². The molecule has 4 rings (SSSR count). The lowest BCUT2D eigenvalue weighted by atomic mass is 9.99. The van der Waals surface area contributed by atoms with Crippen LogP contribution in [0.1, 0.15) is 21.6 Å². The number of benzene rings is 2. The number of aryl methyl sites for hydroxylation is 1.